The molecule has 0 radical (unpaired) electrons. The molecular weight excluding hydrogens is 270 g/mol. The smallest absolute Gasteiger partial charge is 0.245 e. The van der Waals surface area contributed by atoms with E-state index in [1.54, 1.807) is 13.8 Å². The van der Waals surface area contributed by atoms with Crippen LogP contribution in [0.2, 0.25) is 0 Å². The summed E-state index contributed by atoms with van der Waals surface area (Å²) >= 11 is 0. The summed E-state index contributed by atoms with van der Waals surface area (Å²) in [5, 5.41) is 2.57. The highest BCUT2D eigenvalue weighted by molar-refractivity contribution is 7.89. The fourth-order valence-electron chi connectivity index (χ4n) is 1.26. The fourth-order valence-corrected chi connectivity index (χ4v) is 2.35. The van der Waals surface area contributed by atoms with Gasteiger partial charge in [-0.05, 0) is 0 Å². The van der Waals surface area contributed by atoms with Gasteiger partial charge >= 0.3 is 0 Å². The average Bonchev–Trinajstić information content (AvgIpc) is 2.34. The molecule has 0 unspecified atom stereocenters. The SMILES string of the molecule is CC(C)C(=O)NCCNS(=O)(=O)c1c[nH]ccc1=O. The molecule has 1 rings (SSSR count). The van der Waals surface area contributed by atoms with Gasteiger partial charge in [0.15, 0.2) is 0 Å². The van der Waals surface area contributed by atoms with Crippen LogP contribution in [0.4, 0.5) is 0 Å². The molecule has 1 amide bonds. The third kappa shape index (κ3) is 4.49. The monoisotopic (exact) mass is 287 g/mol. The first kappa shape index (κ1) is 15.4. The van der Waals surface area contributed by atoms with E-state index in [9.17, 15) is 18.0 Å². The molecule has 0 saturated heterocycles. The van der Waals surface area contributed by atoms with E-state index in [1.165, 1.54) is 6.20 Å². The van der Waals surface area contributed by atoms with Gasteiger partial charge in [-0.15, -0.1) is 0 Å². The van der Waals surface area contributed by atoms with Crippen LogP contribution in [-0.4, -0.2) is 32.4 Å². The minimum atomic E-state index is -3.85. The molecule has 0 saturated carbocycles. The molecule has 1 aromatic rings. The van der Waals surface area contributed by atoms with Crippen molar-refractivity contribution in [3.63, 3.8) is 0 Å². The molecule has 7 nitrogen and oxygen atoms in total. The van der Waals surface area contributed by atoms with E-state index in [2.05, 4.69) is 15.0 Å². The highest BCUT2D eigenvalue weighted by Gasteiger charge is 2.16. The van der Waals surface area contributed by atoms with Crippen molar-refractivity contribution < 1.29 is 13.2 Å². The van der Waals surface area contributed by atoms with E-state index >= 15 is 0 Å². The van der Waals surface area contributed by atoms with Gasteiger partial charge < -0.3 is 10.3 Å². The molecule has 0 atom stereocenters. The minimum absolute atomic E-state index is 0.0229. The highest BCUT2D eigenvalue weighted by atomic mass is 32.2. The Kier molecular flexibility index (Phi) is 5.25. The number of carbonyl (C=O) groups excluding carboxylic acids is 1. The molecule has 1 heterocycles. The summed E-state index contributed by atoms with van der Waals surface area (Å²) in [6.07, 6.45) is 2.47. The lowest BCUT2D eigenvalue weighted by molar-refractivity contribution is -0.123. The van der Waals surface area contributed by atoms with Gasteiger partial charge in [0.25, 0.3) is 0 Å². The van der Waals surface area contributed by atoms with Crippen LogP contribution >= 0.6 is 0 Å². The summed E-state index contributed by atoms with van der Waals surface area (Å²) < 4.78 is 25.8. The number of hydrogen-bond acceptors (Lipinski definition) is 4. The Hall–Kier alpha value is -1.67. The first-order chi connectivity index (χ1) is 8.84. The third-order valence-corrected chi connectivity index (χ3v) is 3.80. The van der Waals surface area contributed by atoms with E-state index in [1.807, 2.05) is 0 Å². The van der Waals surface area contributed by atoms with Gasteiger partial charge in [-0.3, -0.25) is 9.59 Å². The normalized spacial score (nSPS) is 11.5. The first-order valence-corrected chi connectivity index (χ1v) is 7.27. The van der Waals surface area contributed by atoms with Crippen molar-refractivity contribution in [1.82, 2.24) is 15.0 Å². The quantitative estimate of drug-likeness (QED) is 0.609. The Balaban J connectivity index is 2.56. The standard InChI is InChI=1S/C11H17N3O4S/c1-8(2)11(16)13-5-6-14-19(17,18)10-7-12-4-3-9(10)15/h3-4,7-8,14H,5-6H2,1-2H3,(H,12,15)(H,13,16). The van der Waals surface area contributed by atoms with Crippen LogP contribution in [0.3, 0.4) is 0 Å². The van der Waals surface area contributed by atoms with Gasteiger partial charge in [-0.25, -0.2) is 13.1 Å². The number of nitrogens with one attached hydrogen (secondary N) is 3. The number of sulfonamides is 1. The summed E-state index contributed by atoms with van der Waals surface area (Å²) in [5.74, 6) is -0.315. The van der Waals surface area contributed by atoms with Crippen molar-refractivity contribution in [2.45, 2.75) is 18.7 Å². The average molecular weight is 287 g/mol. The highest BCUT2D eigenvalue weighted by Crippen LogP contribution is 1.98. The number of H-pyrrole nitrogens is 1. The zero-order chi connectivity index (χ0) is 14.5. The Bertz CT molecular complexity index is 592. The van der Waals surface area contributed by atoms with Crippen molar-refractivity contribution in [3.8, 4) is 0 Å². The van der Waals surface area contributed by atoms with Crippen LogP contribution in [0.15, 0.2) is 28.2 Å². The van der Waals surface area contributed by atoms with Crippen molar-refractivity contribution in [2.75, 3.05) is 13.1 Å². The zero-order valence-corrected chi connectivity index (χ0v) is 11.6. The molecule has 19 heavy (non-hydrogen) atoms. The number of carbonyl (C=O) groups is 1. The Morgan fingerprint density at radius 3 is 2.63 bits per heavy atom. The van der Waals surface area contributed by atoms with Crippen LogP contribution < -0.4 is 15.5 Å². The van der Waals surface area contributed by atoms with Gasteiger partial charge in [-0.2, -0.15) is 0 Å². The van der Waals surface area contributed by atoms with Gasteiger partial charge in [0.05, 0.1) is 0 Å². The number of amides is 1. The predicted octanol–water partition coefficient (Wildman–Crippen LogP) is -0.575. The van der Waals surface area contributed by atoms with Gasteiger partial charge in [0, 0.05) is 37.5 Å². The van der Waals surface area contributed by atoms with Crippen LogP contribution in [0.25, 0.3) is 0 Å². The molecule has 3 N–H and O–H groups in total. The van der Waals surface area contributed by atoms with Crippen molar-refractivity contribution >= 4 is 15.9 Å². The summed E-state index contributed by atoms with van der Waals surface area (Å²) in [7, 11) is -3.85. The maximum atomic E-state index is 11.8. The number of rotatable bonds is 6. The summed E-state index contributed by atoms with van der Waals surface area (Å²) in [6, 6.07) is 1.13. The third-order valence-electron chi connectivity index (χ3n) is 2.32. The molecule has 0 bridgehead atoms. The van der Waals surface area contributed by atoms with E-state index < -0.39 is 15.5 Å². The minimum Gasteiger partial charge on any atom is -0.366 e. The first-order valence-electron chi connectivity index (χ1n) is 5.79. The Labute approximate surface area is 111 Å². The van der Waals surface area contributed by atoms with Gasteiger partial charge in [0.2, 0.25) is 21.4 Å². The lowest BCUT2D eigenvalue weighted by Crippen LogP contribution is -2.37. The molecular formula is C11H17N3O4S. The van der Waals surface area contributed by atoms with E-state index in [0.717, 1.165) is 12.3 Å². The van der Waals surface area contributed by atoms with Crippen LogP contribution in [0.5, 0.6) is 0 Å². The molecule has 0 aromatic carbocycles. The van der Waals surface area contributed by atoms with Crippen LogP contribution in [0.1, 0.15) is 13.8 Å². The molecule has 0 spiro atoms. The summed E-state index contributed by atoms with van der Waals surface area (Å²) in [5.41, 5.74) is -0.586. The second-order valence-corrected chi connectivity index (χ2v) is 5.95. The second-order valence-electron chi connectivity index (χ2n) is 4.22. The Morgan fingerprint density at radius 2 is 2.05 bits per heavy atom. The number of pyridine rings is 1. The molecule has 0 aliphatic carbocycles. The molecule has 0 fully saturated rings. The van der Waals surface area contributed by atoms with Gasteiger partial charge in [0.1, 0.15) is 4.90 Å². The molecule has 1 aromatic heterocycles. The number of hydrogen-bond donors (Lipinski definition) is 3. The maximum Gasteiger partial charge on any atom is 0.245 e. The molecule has 0 aliphatic rings. The molecule has 8 heteroatoms. The summed E-state index contributed by atoms with van der Waals surface area (Å²) in [4.78, 5) is 24.8. The molecule has 0 aliphatic heterocycles. The van der Waals surface area contributed by atoms with Crippen molar-refractivity contribution in [2.24, 2.45) is 5.92 Å². The predicted molar refractivity (Wildman–Crippen MR) is 70.1 cm³/mol. The topological polar surface area (TPSA) is 108 Å². The van der Waals surface area contributed by atoms with Crippen LogP contribution in [0, 0.1) is 5.92 Å². The fraction of sp³-hybridized carbons (Fsp3) is 0.455. The number of aromatic nitrogens is 1. The van der Waals surface area contributed by atoms with Crippen molar-refractivity contribution in [1.29, 1.82) is 0 Å². The van der Waals surface area contributed by atoms with E-state index in [0.29, 0.717) is 0 Å². The lowest BCUT2D eigenvalue weighted by atomic mass is 10.2. The second kappa shape index (κ2) is 6.48. The maximum absolute atomic E-state index is 11.8. The van der Waals surface area contributed by atoms with E-state index in [-0.39, 0.29) is 29.8 Å². The van der Waals surface area contributed by atoms with Crippen LogP contribution in [-0.2, 0) is 14.8 Å². The van der Waals surface area contributed by atoms with E-state index in [4.69, 9.17) is 0 Å². The summed E-state index contributed by atoms with van der Waals surface area (Å²) in [6.45, 7) is 3.67. The number of aromatic amines is 1. The lowest BCUT2D eigenvalue weighted by Gasteiger charge is -2.08. The Morgan fingerprint density at radius 1 is 1.37 bits per heavy atom. The zero-order valence-electron chi connectivity index (χ0n) is 10.8. The van der Waals surface area contributed by atoms with Crippen molar-refractivity contribution in [3.05, 3.63) is 28.7 Å². The molecule has 106 valence electrons. The largest absolute Gasteiger partial charge is 0.366 e. The van der Waals surface area contributed by atoms with Gasteiger partial charge in [-0.1, -0.05) is 13.8 Å².